The second-order valence-corrected chi connectivity index (χ2v) is 5.19. The Balaban J connectivity index is 4.50. The average Bonchev–Trinajstić information content (AvgIpc) is 1.84. The third-order valence-electron chi connectivity index (χ3n) is 1.36. The van der Waals surface area contributed by atoms with Crippen LogP contribution in [0.15, 0.2) is 0 Å². The minimum absolute atomic E-state index is 0.136. The van der Waals surface area contributed by atoms with E-state index in [1.54, 1.807) is 6.92 Å². The van der Waals surface area contributed by atoms with E-state index in [2.05, 4.69) is 12.6 Å². The average molecular weight is 186 g/mol. The van der Waals surface area contributed by atoms with Gasteiger partial charge in [0.25, 0.3) is 0 Å². The van der Waals surface area contributed by atoms with Crippen molar-refractivity contribution in [1.82, 2.24) is 0 Å². The van der Waals surface area contributed by atoms with Crippen LogP contribution in [-0.4, -0.2) is 26.0 Å². The van der Waals surface area contributed by atoms with Crippen LogP contribution in [0.3, 0.4) is 0 Å². The summed E-state index contributed by atoms with van der Waals surface area (Å²) in [5, 5.41) is 8.55. The van der Waals surface area contributed by atoms with Crippen LogP contribution < -0.4 is 0 Å². The maximum Gasteiger partial charge on any atom is 0.343 e. The van der Waals surface area contributed by atoms with Gasteiger partial charge in [-0.1, -0.05) is 6.92 Å². The normalized spacial score (nSPS) is 18.5. The molecule has 0 aliphatic rings. The topological polar surface area (TPSA) is 77.8 Å². The van der Waals surface area contributed by atoms with Gasteiger partial charge in [0, 0.05) is 0 Å². The predicted molar refractivity (Wildman–Crippen MR) is 41.1 cm³/mol. The Hall–Kier alpha value is 0.460. The molecule has 0 saturated heterocycles. The fourth-order valence-corrected chi connectivity index (χ4v) is 1.01. The van der Waals surface area contributed by atoms with Gasteiger partial charge in [-0.25, -0.2) is 0 Å². The van der Waals surface area contributed by atoms with Crippen LogP contribution in [0.1, 0.15) is 13.3 Å². The van der Waals surface area contributed by atoms with Gasteiger partial charge in [-0.05, 0) is 6.42 Å². The lowest BCUT2D eigenvalue weighted by Crippen LogP contribution is -2.25. The van der Waals surface area contributed by atoms with Crippen LogP contribution in [0, 0.1) is 0 Å². The number of hydrogen-bond donors (Lipinski definition) is 4. The molecule has 0 rings (SSSR count). The zero-order valence-corrected chi connectivity index (χ0v) is 7.35. The molecular weight excluding hydrogens is 175 g/mol. The first-order chi connectivity index (χ1) is 4.37. The smallest absolute Gasteiger partial charge is 0.343 e. The molecule has 0 saturated carbocycles. The number of thiol groups is 1. The molecule has 0 aromatic rings. The van der Waals surface area contributed by atoms with Crippen molar-refractivity contribution >= 4 is 20.2 Å². The molecule has 0 amide bonds. The second-order valence-electron chi connectivity index (χ2n) is 2.04. The summed E-state index contributed by atoms with van der Waals surface area (Å²) < 4.78 is 9.01. The van der Waals surface area contributed by atoms with Crippen LogP contribution in [0.4, 0.5) is 0 Å². The molecule has 3 N–H and O–H groups in total. The summed E-state index contributed by atoms with van der Waals surface area (Å²) in [4.78, 5) is 17.2. The van der Waals surface area contributed by atoms with E-state index in [0.717, 1.165) is 0 Å². The van der Waals surface area contributed by atoms with Gasteiger partial charge < -0.3 is 14.9 Å². The number of aliphatic hydroxyl groups excluding tert-OH is 1. The standard InChI is InChI=1S/C4H11O4PS/c1-2-4(10,3-5)9(6,7)8/h5,10H,2-3H2,1H3,(H2,6,7,8). The van der Waals surface area contributed by atoms with Gasteiger partial charge in [0.1, 0.15) is 4.49 Å². The quantitative estimate of drug-likeness (QED) is 0.375. The van der Waals surface area contributed by atoms with Crippen molar-refractivity contribution in [3.05, 3.63) is 0 Å². The van der Waals surface area contributed by atoms with Crippen LogP contribution in [0.25, 0.3) is 0 Å². The lowest BCUT2D eigenvalue weighted by Gasteiger charge is -2.24. The van der Waals surface area contributed by atoms with E-state index in [9.17, 15) is 4.57 Å². The molecule has 0 heterocycles. The van der Waals surface area contributed by atoms with E-state index in [-0.39, 0.29) is 6.42 Å². The molecule has 4 nitrogen and oxygen atoms in total. The first-order valence-corrected chi connectivity index (χ1v) is 4.82. The monoisotopic (exact) mass is 186 g/mol. The van der Waals surface area contributed by atoms with Gasteiger partial charge in [-0.2, -0.15) is 12.6 Å². The summed E-state index contributed by atoms with van der Waals surface area (Å²) in [5.74, 6) is 0. The predicted octanol–water partition coefficient (Wildman–Crippen LogP) is 0.192. The molecule has 0 radical (unpaired) electrons. The lowest BCUT2D eigenvalue weighted by atomic mass is 10.3. The first-order valence-electron chi connectivity index (χ1n) is 2.76. The third-order valence-corrected chi connectivity index (χ3v) is 4.14. The fraction of sp³-hybridized carbons (Fsp3) is 1.00. The summed E-state index contributed by atoms with van der Waals surface area (Å²) in [5.41, 5.74) is 0. The van der Waals surface area contributed by atoms with Gasteiger partial charge in [0.05, 0.1) is 6.61 Å². The summed E-state index contributed by atoms with van der Waals surface area (Å²) in [6.07, 6.45) is 0.136. The van der Waals surface area contributed by atoms with E-state index < -0.39 is 18.7 Å². The van der Waals surface area contributed by atoms with E-state index in [0.29, 0.717) is 0 Å². The summed E-state index contributed by atoms with van der Waals surface area (Å²) in [6, 6.07) is 0. The highest BCUT2D eigenvalue weighted by Crippen LogP contribution is 2.54. The third kappa shape index (κ3) is 1.97. The molecule has 0 spiro atoms. The molecule has 0 aliphatic carbocycles. The van der Waals surface area contributed by atoms with Crippen molar-refractivity contribution in [2.24, 2.45) is 0 Å². The van der Waals surface area contributed by atoms with E-state index >= 15 is 0 Å². The highest BCUT2D eigenvalue weighted by Gasteiger charge is 2.41. The summed E-state index contributed by atoms with van der Waals surface area (Å²) >= 11 is 3.69. The van der Waals surface area contributed by atoms with Gasteiger partial charge in [0.2, 0.25) is 0 Å². The Kier molecular flexibility index (Phi) is 3.39. The molecule has 0 aromatic carbocycles. The zero-order valence-electron chi connectivity index (χ0n) is 5.56. The van der Waals surface area contributed by atoms with Gasteiger partial charge in [0.15, 0.2) is 0 Å². The molecule has 0 fully saturated rings. The van der Waals surface area contributed by atoms with Crippen LogP contribution in [-0.2, 0) is 4.57 Å². The molecule has 0 aromatic heterocycles. The van der Waals surface area contributed by atoms with Crippen molar-refractivity contribution in [3.63, 3.8) is 0 Å². The molecule has 1 atom stereocenters. The minimum atomic E-state index is -4.27. The van der Waals surface area contributed by atoms with Gasteiger partial charge >= 0.3 is 7.60 Å². The minimum Gasteiger partial charge on any atom is -0.394 e. The number of aliphatic hydroxyl groups is 1. The highest BCUT2D eigenvalue weighted by molar-refractivity contribution is 7.91. The van der Waals surface area contributed by atoms with E-state index in [1.165, 1.54) is 0 Å². The zero-order chi connectivity index (χ0) is 8.41. The van der Waals surface area contributed by atoms with Gasteiger partial charge in [-0.3, -0.25) is 4.57 Å². The lowest BCUT2D eigenvalue weighted by molar-refractivity contribution is 0.250. The molecule has 0 aliphatic heterocycles. The Bertz CT molecular complexity index is 149. The fourth-order valence-electron chi connectivity index (χ4n) is 0.410. The number of hydrogen-bond acceptors (Lipinski definition) is 3. The summed E-state index contributed by atoms with van der Waals surface area (Å²) in [7, 11) is -4.27. The van der Waals surface area contributed by atoms with Crippen LogP contribution in [0.2, 0.25) is 0 Å². The van der Waals surface area contributed by atoms with Crippen LogP contribution in [0.5, 0.6) is 0 Å². The summed E-state index contributed by atoms with van der Waals surface area (Å²) in [6.45, 7) is 0.944. The van der Waals surface area contributed by atoms with Crippen molar-refractivity contribution in [2.45, 2.75) is 17.8 Å². The molecular formula is C4H11O4PS. The van der Waals surface area contributed by atoms with Crippen molar-refractivity contribution in [1.29, 1.82) is 0 Å². The SMILES string of the molecule is CCC(S)(CO)P(=O)(O)O. The highest BCUT2D eigenvalue weighted by atomic mass is 32.1. The molecule has 1 unspecified atom stereocenters. The van der Waals surface area contributed by atoms with Crippen LogP contribution >= 0.6 is 20.2 Å². The largest absolute Gasteiger partial charge is 0.394 e. The van der Waals surface area contributed by atoms with E-state index in [4.69, 9.17) is 14.9 Å². The maximum atomic E-state index is 10.6. The second kappa shape index (κ2) is 3.24. The number of rotatable bonds is 3. The van der Waals surface area contributed by atoms with Crippen molar-refractivity contribution in [2.75, 3.05) is 6.61 Å². The first kappa shape index (κ1) is 10.5. The van der Waals surface area contributed by atoms with Crippen molar-refractivity contribution in [3.8, 4) is 0 Å². The van der Waals surface area contributed by atoms with Gasteiger partial charge in [-0.15, -0.1) is 0 Å². The Morgan fingerprint density at radius 1 is 1.60 bits per heavy atom. The molecule has 6 heteroatoms. The Morgan fingerprint density at radius 3 is 2.00 bits per heavy atom. The Labute approximate surface area is 64.8 Å². The molecule has 10 heavy (non-hydrogen) atoms. The molecule has 62 valence electrons. The molecule has 0 bridgehead atoms. The Morgan fingerprint density at radius 2 is 2.00 bits per heavy atom. The van der Waals surface area contributed by atoms with E-state index in [1.807, 2.05) is 0 Å². The van der Waals surface area contributed by atoms with Crippen molar-refractivity contribution < 1.29 is 19.5 Å². The maximum absolute atomic E-state index is 10.6.